The molecule has 0 fully saturated rings. The van der Waals surface area contributed by atoms with E-state index in [1.54, 1.807) is 41.6 Å². The lowest BCUT2D eigenvalue weighted by Gasteiger charge is -2.20. The zero-order valence-electron chi connectivity index (χ0n) is 13.6. The minimum Gasteiger partial charge on any atom is -0.376 e. The summed E-state index contributed by atoms with van der Waals surface area (Å²) in [7, 11) is 3.27. The summed E-state index contributed by atoms with van der Waals surface area (Å²) in [6.07, 6.45) is -4.55. The lowest BCUT2D eigenvalue weighted by atomic mass is 10.1. The average molecular weight is 479 g/mol. The number of hydrogen-bond donors (Lipinski definition) is 1. The number of halogens is 4. The van der Waals surface area contributed by atoms with Gasteiger partial charge in [0.25, 0.3) is 11.6 Å². The van der Waals surface area contributed by atoms with E-state index in [-0.39, 0.29) is 16.9 Å². The Hall–Kier alpha value is -2.37. The van der Waals surface area contributed by atoms with Crippen molar-refractivity contribution in [2.45, 2.75) is 6.18 Å². The van der Waals surface area contributed by atoms with Gasteiger partial charge in [0, 0.05) is 29.8 Å². The highest BCUT2D eigenvalue weighted by Crippen LogP contribution is 2.35. The molecule has 0 atom stereocenters. The molecule has 2 aromatic carbocycles. The van der Waals surface area contributed by atoms with E-state index in [0.717, 1.165) is 18.2 Å². The van der Waals surface area contributed by atoms with Crippen molar-refractivity contribution in [3.8, 4) is 0 Å². The minimum absolute atomic E-state index is 0.0102. The van der Waals surface area contributed by atoms with E-state index in [2.05, 4.69) is 5.32 Å². The molecule has 138 valence electrons. The molecule has 0 aliphatic carbocycles. The fourth-order valence-corrected chi connectivity index (χ4v) is 2.94. The summed E-state index contributed by atoms with van der Waals surface area (Å²) in [6, 6.07) is 6.69. The van der Waals surface area contributed by atoms with Crippen molar-refractivity contribution in [3.63, 3.8) is 0 Å². The number of rotatable bonds is 4. The summed E-state index contributed by atoms with van der Waals surface area (Å²) in [5.74, 6) is -0.660. The number of carbonyl (C=O) groups is 1. The Morgan fingerprint density at radius 2 is 1.85 bits per heavy atom. The van der Waals surface area contributed by atoms with Crippen LogP contribution in [0, 0.1) is 13.7 Å². The van der Waals surface area contributed by atoms with Crippen LogP contribution in [0.4, 0.5) is 30.2 Å². The van der Waals surface area contributed by atoms with Crippen molar-refractivity contribution in [2.75, 3.05) is 24.3 Å². The highest BCUT2D eigenvalue weighted by molar-refractivity contribution is 14.1. The van der Waals surface area contributed by atoms with Gasteiger partial charge in [0.15, 0.2) is 0 Å². The summed E-state index contributed by atoms with van der Waals surface area (Å²) in [4.78, 5) is 24.2. The number of nitro benzene ring substituents is 1. The molecule has 1 amide bonds. The fraction of sp³-hybridized carbons (Fsp3) is 0.188. The van der Waals surface area contributed by atoms with E-state index in [1.165, 1.54) is 18.2 Å². The molecule has 0 unspecified atom stereocenters. The highest BCUT2D eigenvalue weighted by Gasteiger charge is 2.31. The van der Waals surface area contributed by atoms with Gasteiger partial charge in [0.05, 0.1) is 27.4 Å². The van der Waals surface area contributed by atoms with Crippen molar-refractivity contribution >= 4 is 45.6 Å². The number of alkyl halides is 3. The zero-order chi connectivity index (χ0) is 19.6. The topological polar surface area (TPSA) is 75.5 Å². The number of non-ortho nitro benzene ring substituents is 1. The number of carbonyl (C=O) groups excluding carboxylic acids is 1. The van der Waals surface area contributed by atoms with E-state index < -0.39 is 22.6 Å². The molecule has 0 saturated carbocycles. The van der Waals surface area contributed by atoms with Crippen LogP contribution < -0.4 is 10.2 Å². The first-order valence-corrected chi connectivity index (χ1v) is 8.22. The summed E-state index contributed by atoms with van der Waals surface area (Å²) in [5, 5.41) is 13.2. The summed E-state index contributed by atoms with van der Waals surface area (Å²) < 4.78 is 39.2. The molecule has 0 saturated heterocycles. The first-order chi connectivity index (χ1) is 12.0. The molecule has 0 heterocycles. The van der Waals surface area contributed by atoms with Gasteiger partial charge in [-0.25, -0.2) is 0 Å². The van der Waals surface area contributed by atoms with E-state index in [1.807, 2.05) is 0 Å². The molecule has 26 heavy (non-hydrogen) atoms. The number of nitro groups is 1. The van der Waals surface area contributed by atoms with Crippen LogP contribution in [0.2, 0.25) is 0 Å². The normalized spacial score (nSPS) is 11.2. The second-order valence-electron chi connectivity index (χ2n) is 5.50. The lowest BCUT2D eigenvalue weighted by Crippen LogP contribution is -2.18. The van der Waals surface area contributed by atoms with Crippen molar-refractivity contribution < 1.29 is 22.9 Å². The molecule has 0 aliphatic rings. The van der Waals surface area contributed by atoms with Crippen LogP contribution in [0.3, 0.4) is 0 Å². The number of amides is 1. The Morgan fingerprint density at radius 1 is 1.19 bits per heavy atom. The SMILES string of the molecule is CN(C)c1ccc(C(F)(F)F)cc1NC(=O)c1ccc([N+](=O)[O-])cc1I. The van der Waals surface area contributed by atoms with E-state index >= 15 is 0 Å². The van der Waals surface area contributed by atoms with Gasteiger partial charge < -0.3 is 10.2 Å². The van der Waals surface area contributed by atoms with Gasteiger partial charge in [-0.2, -0.15) is 13.2 Å². The molecule has 0 aliphatic heterocycles. The Balaban J connectivity index is 2.40. The molecule has 2 rings (SSSR count). The molecule has 0 spiro atoms. The van der Waals surface area contributed by atoms with Crippen molar-refractivity contribution in [2.24, 2.45) is 0 Å². The van der Waals surface area contributed by atoms with Crippen LogP contribution in [0.25, 0.3) is 0 Å². The van der Waals surface area contributed by atoms with E-state index in [4.69, 9.17) is 0 Å². The van der Waals surface area contributed by atoms with Gasteiger partial charge in [0.1, 0.15) is 0 Å². The second kappa shape index (κ2) is 7.48. The van der Waals surface area contributed by atoms with Crippen LogP contribution >= 0.6 is 22.6 Å². The van der Waals surface area contributed by atoms with Gasteiger partial charge in [-0.05, 0) is 46.9 Å². The number of nitrogens with zero attached hydrogens (tertiary/aromatic N) is 2. The molecule has 10 heteroatoms. The number of nitrogens with one attached hydrogen (secondary N) is 1. The molecule has 2 aromatic rings. The molecule has 6 nitrogen and oxygen atoms in total. The van der Waals surface area contributed by atoms with E-state index in [9.17, 15) is 28.1 Å². The van der Waals surface area contributed by atoms with Gasteiger partial charge in [-0.15, -0.1) is 0 Å². The zero-order valence-corrected chi connectivity index (χ0v) is 15.8. The third-order valence-corrected chi connectivity index (χ3v) is 4.35. The van der Waals surface area contributed by atoms with Gasteiger partial charge in [0.2, 0.25) is 0 Å². The predicted molar refractivity (Wildman–Crippen MR) is 99.5 cm³/mol. The third kappa shape index (κ3) is 4.42. The summed E-state index contributed by atoms with van der Waals surface area (Å²) in [5.41, 5.74) is -0.568. The van der Waals surface area contributed by atoms with Gasteiger partial charge in [-0.1, -0.05) is 0 Å². The van der Waals surface area contributed by atoms with Crippen LogP contribution in [-0.2, 0) is 6.18 Å². The predicted octanol–water partition coefficient (Wildman–Crippen LogP) is 4.54. The highest BCUT2D eigenvalue weighted by atomic mass is 127. The second-order valence-corrected chi connectivity index (χ2v) is 6.66. The van der Waals surface area contributed by atoms with Gasteiger partial charge in [-0.3, -0.25) is 14.9 Å². The molecule has 0 bridgehead atoms. The standard InChI is InChI=1S/C16H13F3IN3O3/c1-22(2)14-6-3-9(16(17,18)19)7-13(14)21-15(24)11-5-4-10(23(25)26)8-12(11)20/h3-8H,1-2H3,(H,21,24). The Labute approximate surface area is 160 Å². The van der Waals surface area contributed by atoms with Crippen LogP contribution in [0.5, 0.6) is 0 Å². The summed E-state index contributed by atoms with van der Waals surface area (Å²) in [6.45, 7) is 0. The first kappa shape index (κ1) is 19.9. The third-order valence-electron chi connectivity index (χ3n) is 3.46. The van der Waals surface area contributed by atoms with Crippen molar-refractivity contribution in [1.82, 2.24) is 0 Å². The number of hydrogen-bond acceptors (Lipinski definition) is 4. The van der Waals surface area contributed by atoms with Crippen molar-refractivity contribution in [3.05, 3.63) is 61.2 Å². The van der Waals surface area contributed by atoms with Gasteiger partial charge >= 0.3 is 6.18 Å². The molecular formula is C16H13F3IN3O3. The first-order valence-electron chi connectivity index (χ1n) is 7.14. The smallest absolute Gasteiger partial charge is 0.376 e. The molecule has 0 aromatic heterocycles. The summed E-state index contributed by atoms with van der Waals surface area (Å²) >= 11 is 1.76. The maximum Gasteiger partial charge on any atom is 0.416 e. The maximum atomic E-state index is 13.0. The number of benzene rings is 2. The van der Waals surface area contributed by atoms with E-state index in [0.29, 0.717) is 9.26 Å². The monoisotopic (exact) mass is 479 g/mol. The average Bonchev–Trinajstić information content (AvgIpc) is 2.53. The minimum atomic E-state index is -4.55. The molecule has 0 radical (unpaired) electrons. The number of anilines is 2. The molecule has 1 N–H and O–H groups in total. The maximum absolute atomic E-state index is 13.0. The Morgan fingerprint density at radius 3 is 2.35 bits per heavy atom. The van der Waals surface area contributed by atoms with Crippen LogP contribution in [-0.4, -0.2) is 24.9 Å². The largest absolute Gasteiger partial charge is 0.416 e. The quantitative estimate of drug-likeness (QED) is 0.397. The lowest BCUT2D eigenvalue weighted by molar-refractivity contribution is -0.384. The fourth-order valence-electron chi connectivity index (χ4n) is 2.19. The molecular weight excluding hydrogens is 466 g/mol. The van der Waals surface area contributed by atoms with Crippen LogP contribution in [0.1, 0.15) is 15.9 Å². The Bertz CT molecular complexity index is 870. The Kier molecular flexibility index (Phi) is 5.74. The van der Waals surface area contributed by atoms with Crippen LogP contribution in [0.15, 0.2) is 36.4 Å². The van der Waals surface area contributed by atoms with Crippen molar-refractivity contribution in [1.29, 1.82) is 0 Å².